The molecule has 2 saturated carbocycles. The molecular weight excluding hydrogens is 759 g/mol. The third kappa shape index (κ3) is 12.2. The summed E-state index contributed by atoms with van der Waals surface area (Å²) < 4.78 is 12.7. The molecule has 0 atom stereocenters. The van der Waals surface area contributed by atoms with E-state index in [0.29, 0.717) is 0 Å². The quantitative estimate of drug-likeness (QED) is 0.188. The van der Waals surface area contributed by atoms with Crippen LogP contribution in [0.2, 0.25) is 0 Å². The van der Waals surface area contributed by atoms with Crippen LogP contribution >= 0.6 is 7.92 Å². The Balaban J connectivity index is 0.000000440. The molecule has 0 unspecified atom stereocenters. The van der Waals surface area contributed by atoms with E-state index in [4.69, 9.17) is 15.2 Å². The Kier molecular flexibility index (Phi) is 19.7. The minimum Gasteiger partial charge on any atom is -1.00 e. The van der Waals surface area contributed by atoms with E-state index in [1.54, 1.807) is 0 Å². The van der Waals surface area contributed by atoms with Crippen LogP contribution in [0.15, 0.2) is 85.0 Å². The SMILES string of the molecule is CC(C)Oc1cccc(OC(C)C)c1-c1ccc[c-]c1P(C1CCCCC1)C1CCCCC1.N[C-]1CC=CC=C1c1ccccc1.[Cl-].[Cl-].[Pd+2]. The number of ether oxygens (including phenoxy) is 2. The maximum atomic E-state index is 6.36. The van der Waals surface area contributed by atoms with E-state index >= 15 is 0 Å². The van der Waals surface area contributed by atoms with Crippen molar-refractivity contribution in [3.63, 3.8) is 0 Å². The number of allylic oxidation sites excluding steroid dienone is 2. The molecule has 0 spiro atoms. The largest absolute Gasteiger partial charge is 2.00 e. The van der Waals surface area contributed by atoms with Gasteiger partial charge in [0.1, 0.15) is 11.5 Å². The van der Waals surface area contributed by atoms with Crippen LogP contribution in [0.4, 0.5) is 0 Å². The molecular formula is C42H54Cl2NO2PPd-2. The Morgan fingerprint density at radius 1 is 0.735 bits per heavy atom. The number of benzene rings is 3. The summed E-state index contributed by atoms with van der Waals surface area (Å²) in [4.78, 5) is 0. The van der Waals surface area contributed by atoms with Crippen LogP contribution in [0, 0.1) is 12.1 Å². The molecule has 7 heteroatoms. The van der Waals surface area contributed by atoms with Crippen molar-refractivity contribution < 1.29 is 54.7 Å². The topological polar surface area (TPSA) is 44.5 Å². The first-order chi connectivity index (χ1) is 22.4. The Bertz CT molecular complexity index is 1390. The van der Waals surface area contributed by atoms with Gasteiger partial charge in [0.15, 0.2) is 0 Å². The van der Waals surface area contributed by atoms with Crippen molar-refractivity contribution in [1.29, 1.82) is 0 Å². The fraction of sp³-hybridized carbons (Fsp3) is 0.452. The maximum Gasteiger partial charge on any atom is 2.00 e. The fourth-order valence-electron chi connectivity index (χ4n) is 7.18. The maximum absolute atomic E-state index is 6.36. The summed E-state index contributed by atoms with van der Waals surface area (Å²) in [7, 11) is -0.269. The Labute approximate surface area is 324 Å². The fourth-order valence-corrected chi connectivity index (χ4v) is 11.0. The van der Waals surface area contributed by atoms with Gasteiger partial charge in [0.05, 0.1) is 12.2 Å². The number of halogens is 2. The van der Waals surface area contributed by atoms with Crippen LogP contribution < -0.4 is 45.3 Å². The predicted molar refractivity (Wildman–Crippen MR) is 198 cm³/mol. The van der Waals surface area contributed by atoms with Gasteiger partial charge in [0.2, 0.25) is 0 Å². The molecule has 0 saturated heterocycles. The van der Waals surface area contributed by atoms with Crippen LogP contribution in [0.25, 0.3) is 16.7 Å². The number of hydrogen-bond donors (Lipinski definition) is 1. The van der Waals surface area contributed by atoms with Crippen LogP contribution in [0.3, 0.4) is 0 Å². The molecule has 2 fully saturated rings. The van der Waals surface area contributed by atoms with E-state index in [2.05, 4.69) is 101 Å². The first-order valence-corrected chi connectivity index (χ1v) is 19.2. The Hall–Kier alpha value is -1.76. The van der Waals surface area contributed by atoms with E-state index in [9.17, 15) is 0 Å². The molecule has 2 N–H and O–H groups in total. The van der Waals surface area contributed by atoms with E-state index in [1.807, 2.05) is 18.2 Å². The van der Waals surface area contributed by atoms with Gasteiger partial charge in [-0.2, -0.15) is 35.9 Å². The van der Waals surface area contributed by atoms with Crippen molar-refractivity contribution in [3.05, 3.63) is 103 Å². The first-order valence-electron chi connectivity index (χ1n) is 17.7. The Morgan fingerprint density at radius 2 is 1.29 bits per heavy atom. The normalized spacial score (nSPS) is 16.5. The summed E-state index contributed by atoms with van der Waals surface area (Å²) in [6.45, 7) is 8.42. The second-order valence-electron chi connectivity index (χ2n) is 13.5. The van der Waals surface area contributed by atoms with E-state index in [0.717, 1.165) is 46.4 Å². The molecule has 0 amide bonds. The minimum absolute atomic E-state index is 0. The monoisotopic (exact) mass is 811 g/mol. The van der Waals surface area contributed by atoms with Crippen molar-refractivity contribution in [2.45, 2.75) is 122 Å². The van der Waals surface area contributed by atoms with Crippen LogP contribution in [-0.4, -0.2) is 23.5 Å². The third-order valence-corrected chi connectivity index (χ3v) is 12.7. The molecule has 6 rings (SSSR count). The van der Waals surface area contributed by atoms with Crippen molar-refractivity contribution in [3.8, 4) is 22.6 Å². The minimum atomic E-state index is -0.269. The van der Waals surface area contributed by atoms with Gasteiger partial charge in [-0.15, -0.1) is 46.8 Å². The zero-order valence-corrected chi connectivity index (χ0v) is 33.5. The second kappa shape index (κ2) is 22.2. The van der Waals surface area contributed by atoms with Gasteiger partial charge < -0.3 is 40.0 Å². The summed E-state index contributed by atoms with van der Waals surface area (Å²) in [5.74, 6) is 1.87. The second-order valence-corrected chi connectivity index (χ2v) is 16.2. The molecule has 49 heavy (non-hydrogen) atoms. The molecule has 270 valence electrons. The standard InChI is InChI=1S/C30H42O2P.C12H12N.2ClH.Pd/c1-22(2)31-27-19-13-20-28(32-23(3)4)30(27)26-18-11-12-21-29(26)33(24-14-7-5-8-15-24)25-16-9-6-10-17-25;13-12-9-5-4-8-11(12)10-6-2-1-3-7-10;;;/h11-13,18-20,22-25H,5-10,14-17H2,1-4H3;1-8H,9,13H2;2*1H;/q2*-1;;;+2/p-2. The molecule has 3 aromatic rings. The van der Waals surface area contributed by atoms with Gasteiger partial charge in [-0.1, -0.05) is 70.7 Å². The van der Waals surface area contributed by atoms with Crippen LogP contribution in [0.1, 0.15) is 104 Å². The van der Waals surface area contributed by atoms with Crippen LogP contribution in [-0.2, 0) is 20.4 Å². The zero-order chi connectivity index (χ0) is 32.3. The molecule has 3 nitrogen and oxygen atoms in total. The molecule has 3 aliphatic carbocycles. The summed E-state index contributed by atoms with van der Waals surface area (Å²) in [5, 5.41) is 1.47. The first kappa shape index (κ1) is 43.4. The summed E-state index contributed by atoms with van der Waals surface area (Å²) in [6, 6.07) is 27.9. The molecule has 0 aromatic heterocycles. The van der Waals surface area contributed by atoms with Crippen molar-refractivity contribution >= 4 is 18.8 Å². The third-order valence-electron chi connectivity index (χ3n) is 9.18. The van der Waals surface area contributed by atoms with Crippen LogP contribution in [0.5, 0.6) is 11.5 Å². The summed E-state index contributed by atoms with van der Waals surface area (Å²) in [5.41, 5.74) is 12.4. The molecule has 0 bridgehead atoms. The van der Waals surface area contributed by atoms with E-state index < -0.39 is 0 Å². The smallest absolute Gasteiger partial charge is 1.00 e. The van der Waals surface area contributed by atoms with Gasteiger partial charge in [0.25, 0.3) is 0 Å². The van der Waals surface area contributed by atoms with E-state index in [-0.39, 0.29) is 65.4 Å². The number of nitrogens with two attached hydrogens (primary N) is 1. The van der Waals surface area contributed by atoms with Crippen molar-refractivity contribution in [2.75, 3.05) is 0 Å². The molecule has 0 radical (unpaired) electrons. The molecule has 0 aliphatic heterocycles. The number of hydrogen-bond acceptors (Lipinski definition) is 3. The van der Waals surface area contributed by atoms with E-state index in [1.165, 1.54) is 80.6 Å². The van der Waals surface area contributed by atoms with Gasteiger partial charge >= 0.3 is 20.4 Å². The van der Waals surface area contributed by atoms with Gasteiger partial charge in [-0.05, 0) is 83.2 Å². The predicted octanol–water partition coefficient (Wildman–Crippen LogP) is 5.03. The van der Waals surface area contributed by atoms with Gasteiger partial charge in [0, 0.05) is 5.56 Å². The van der Waals surface area contributed by atoms with Crippen molar-refractivity contribution in [2.24, 2.45) is 5.73 Å². The summed E-state index contributed by atoms with van der Waals surface area (Å²) >= 11 is 0. The average Bonchev–Trinajstić information content (AvgIpc) is 3.07. The summed E-state index contributed by atoms with van der Waals surface area (Å²) in [6.07, 6.45) is 21.3. The number of rotatable bonds is 9. The Morgan fingerprint density at radius 3 is 1.80 bits per heavy atom. The molecule has 0 heterocycles. The van der Waals surface area contributed by atoms with Crippen molar-refractivity contribution in [1.82, 2.24) is 0 Å². The average molecular weight is 813 g/mol. The zero-order valence-electron chi connectivity index (χ0n) is 29.6. The molecule has 3 aliphatic rings. The van der Waals surface area contributed by atoms with Gasteiger partial charge in [-0.3, -0.25) is 0 Å². The molecule has 3 aromatic carbocycles. The van der Waals surface area contributed by atoms with Gasteiger partial charge in [-0.25, -0.2) is 0 Å².